The topological polar surface area (TPSA) is 66.7 Å². The van der Waals surface area contributed by atoms with Gasteiger partial charge in [-0.2, -0.15) is 0 Å². The number of nitro groups is 1. The summed E-state index contributed by atoms with van der Waals surface area (Å²) in [6, 6.07) is 25.5. The van der Waals surface area contributed by atoms with Crippen molar-refractivity contribution in [3.05, 3.63) is 106 Å². The number of hydrogen-bond donors (Lipinski definition) is 0. The van der Waals surface area contributed by atoms with Crippen molar-refractivity contribution >= 4 is 17.3 Å². The van der Waals surface area contributed by atoms with Crippen LogP contribution in [0.2, 0.25) is 0 Å². The van der Waals surface area contributed by atoms with Crippen LogP contribution in [-0.2, 0) is 11.3 Å². The van der Waals surface area contributed by atoms with E-state index >= 15 is 0 Å². The summed E-state index contributed by atoms with van der Waals surface area (Å²) >= 11 is 0. The largest absolute Gasteiger partial charge is 0.354 e. The highest BCUT2D eigenvalue weighted by molar-refractivity contribution is 5.88. The number of anilines is 1. The van der Waals surface area contributed by atoms with E-state index in [-0.39, 0.29) is 11.6 Å². The lowest BCUT2D eigenvalue weighted by molar-refractivity contribution is -0.384. The Hall–Kier alpha value is -3.67. The van der Waals surface area contributed by atoms with E-state index in [1.165, 1.54) is 12.1 Å². The Labute approximate surface area is 169 Å². The summed E-state index contributed by atoms with van der Waals surface area (Å²) in [6.07, 6.45) is 0. The predicted molar refractivity (Wildman–Crippen MR) is 111 cm³/mol. The quantitative estimate of drug-likeness (QED) is 0.486. The molecule has 6 heteroatoms. The number of carbonyl (C=O) groups is 1. The summed E-state index contributed by atoms with van der Waals surface area (Å²) in [5.41, 5.74) is 2.81. The van der Waals surface area contributed by atoms with E-state index in [0.29, 0.717) is 19.6 Å². The fourth-order valence-electron chi connectivity index (χ4n) is 3.73. The predicted octanol–water partition coefficient (Wildman–Crippen LogP) is 4.18. The van der Waals surface area contributed by atoms with E-state index in [0.717, 1.165) is 16.8 Å². The standard InChI is InChI=1S/C23H21N3O3/c27-23-22(19-11-13-21(14-12-19)26(28)29)25(20-9-5-2-6-10-20)16-15-24(23)17-18-7-3-1-4-8-18/h1-14,22H,15-17H2/t22-/m0/s1. The van der Waals surface area contributed by atoms with Crippen LogP contribution in [0.3, 0.4) is 0 Å². The number of amides is 1. The number of piperazine rings is 1. The summed E-state index contributed by atoms with van der Waals surface area (Å²) in [7, 11) is 0. The van der Waals surface area contributed by atoms with E-state index < -0.39 is 11.0 Å². The lowest BCUT2D eigenvalue weighted by Crippen LogP contribution is -2.52. The average molecular weight is 387 g/mol. The molecular weight excluding hydrogens is 366 g/mol. The Morgan fingerprint density at radius 2 is 1.48 bits per heavy atom. The van der Waals surface area contributed by atoms with Gasteiger partial charge in [0.05, 0.1) is 4.92 Å². The molecule has 1 saturated heterocycles. The van der Waals surface area contributed by atoms with Crippen molar-refractivity contribution in [3.8, 4) is 0 Å². The first-order chi connectivity index (χ1) is 14.1. The van der Waals surface area contributed by atoms with E-state index in [1.54, 1.807) is 12.1 Å². The zero-order chi connectivity index (χ0) is 20.2. The molecule has 1 aliphatic heterocycles. The van der Waals surface area contributed by atoms with Crippen LogP contribution >= 0.6 is 0 Å². The van der Waals surface area contributed by atoms with Crippen molar-refractivity contribution in [2.24, 2.45) is 0 Å². The van der Waals surface area contributed by atoms with E-state index in [2.05, 4.69) is 4.90 Å². The molecule has 1 heterocycles. The Kier molecular flexibility index (Phi) is 5.24. The van der Waals surface area contributed by atoms with Crippen molar-refractivity contribution in [1.82, 2.24) is 4.90 Å². The van der Waals surface area contributed by atoms with Crippen molar-refractivity contribution in [2.75, 3.05) is 18.0 Å². The SMILES string of the molecule is O=C1[C@H](c2ccc([N+](=O)[O-])cc2)N(c2ccccc2)CCN1Cc1ccccc1. The van der Waals surface area contributed by atoms with Crippen LogP contribution in [0.15, 0.2) is 84.9 Å². The molecule has 29 heavy (non-hydrogen) atoms. The van der Waals surface area contributed by atoms with Crippen LogP contribution in [0.4, 0.5) is 11.4 Å². The molecule has 0 N–H and O–H groups in total. The minimum atomic E-state index is -0.518. The number of non-ortho nitro benzene ring substituents is 1. The van der Waals surface area contributed by atoms with Crippen molar-refractivity contribution in [3.63, 3.8) is 0 Å². The number of rotatable bonds is 5. The first-order valence-corrected chi connectivity index (χ1v) is 9.52. The molecule has 1 fully saturated rings. The Morgan fingerprint density at radius 3 is 2.10 bits per heavy atom. The maximum Gasteiger partial charge on any atom is 0.269 e. The van der Waals surface area contributed by atoms with Gasteiger partial charge in [0.25, 0.3) is 5.69 Å². The highest BCUT2D eigenvalue weighted by Gasteiger charge is 2.36. The molecule has 1 aliphatic rings. The maximum atomic E-state index is 13.5. The third-order valence-corrected chi connectivity index (χ3v) is 5.19. The van der Waals surface area contributed by atoms with Gasteiger partial charge in [-0.1, -0.05) is 48.5 Å². The zero-order valence-corrected chi connectivity index (χ0v) is 15.8. The molecule has 3 aromatic rings. The summed E-state index contributed by atoms with van der Waals surface area (Å²) in [5, 5.41) is 11.0. The molecule has 0 aliphatic carbocycles. The van der Waals surface area contributed by atoms with Crippen LogP contribution in [-0.4, -0.2) is 28.8 Å². The lowest BCUT2D eigenvalue weighted by Gasteiger charge is -2.42. The van der Waals surface area contributed by atoms with E-state index in [4.69, 9.17) is 0 Å². The molecule has 1 atom stereocenters. The summed E-state index contributed by atoms with van der Waals surface area (Å²) < 4.78 is 0. The second-order valence-electron chi connectivity index (χ2n) is 7.03. The van der Waals surface area contributed by atoms with Gasteiger partial charge in [-0.3, -0.25) is 14.9 Å². The number of benzene rings is 3. The lowest BCUT2D eigenvalue weighted by atomic mass is 9.99. The molecule has 0 saturated carbocycles. The summed E-state index contributed by atoms with van der Waals surface area (Å²) in [4.78, 5) is 28.0. The second kappa shape index (κ2) is 8.14. The molecule has 0 unspecified atom stereocenters. The minimum Gasteiger partial charge on any atom is -0.354 e. The smallest absolute Gasteiger partial charge is 0.269 e. The maximum absolute atomic E-state index is 13.5. The number of nitrogens with zero attached hydrogens (tertiary/aromatic N) is 3. The molecule has 0 radical (unpaired) electrons. The molecule has 1 amide bonds. The van der Waals surface area contributed by atoms with E-state index in [1.807, 2.05) is 65.6 Å². The van der Waals surface area contributed by atoms with Gasteiger partial charge in [-0.15, -0.1) is 0 Å². The first-order valence-electron chi connectivity index (χ1n) is 9.52. The third-order valence-electron chi connectivity index (χ3n) is 5.19. The molecule has 3 aromatic carbocycles. The van der Waals surface area contributed by atoms with Gasteiger partial charge in [0.15, 0.2) is 0 Å². The highest BCUT2D eigenvalue weighted by Crippen LogP contribution is 2.33. The van der Waals surface area contributed by atoms with Gasteiger partial charge in [-0.05, 0) is 35.4 Å². The third kappa shape index (κ3) is 3.96. The second-order valence-corrected chi connectivity index (χ2v) is 7.03. The highest BCUT2D eigenvalue weighted by atomic mass is 16.6. The summed E-state index contributed by atoms with van der Waals surface area (Å²) in [5.74, 6) is -0.00203. The molecule has 0 spiro atoms. The van der Waals surface area contributed by atoms with Gasteiger partial charge in [0.1, 0.15) is 6.04 Å². The van der Waals surface area contributed by atoms with Crippen molar-refractivity contribution in [1.29, 1.82) is 0 Å². The number of nitro benzene ring substituents is 1. The molecule has 6 nitrogen and oxygen atoms in total. The van der Waals surface area contributed by atoms with Gasteiger partial charge in [0.2, 0.25) is 5.91 Å². The minimum absolute atomic E-state index is 0.00203. The number of carbonyl (C=O) groups excluding carboxylic acids is 1. The molecule has 0 aromatic heterocycles. The molecule has 4 rings (SSSR count). The fourth-order valence-corrected chi connectivity index (χ4v) is 3.73. The van der Waals surface area contributed by atoms with E-state index in [9.17, 15) is 14.9 Å². The van der Waals surface area contributed by atoms with Gasteiger partial charge in [-0.25, -0.2) is 0 Å². The average Bonchev–Trinajstić information content (AvgIpc) is 2.76. The summed E-state index contributed by atoms with van der Waals surface area (Å²) in [6.45, 7) is 1.85. The fraction of sp³-hybridized carbons (Fsp3) is 0.174. The van der Waals surface area contributed by atoms with Crippen LogP contribution in [0.25, 0.3) is 0 Å². The van der Waals surface area contributed by atoms with Crippen LogP contribution < -0.4 is 4.90 Å². The molecule has 0 bridgehead atoms. The molecular formula is C23H21N3O3. The van der Waals surface area contributed by atoms with Crippen LogP contribution in [0, 0.1) is 10.1 Å². The normalized spacial score (nSPS) is 16.7. The van der Waals surface area contributed by atoms with Gasteiger partial charge < -0.3 is 9.80 Å². The molecule has 146 valence electrons. The van der Waals surface area contributed by atoms with Gasteiger partial charge in [0, 0.05) is 37.5 Å². The van der Waals surface area contributed by atoms with Crippen LogP contribution in [0.5, 0.6) is 0 Å². The Bertz CT molecular complexity index is 991. The van der Waals surface area contributed by atoms with Crippen LogP contribution in [0.1, 0.15) is 17.2 Å². The van der Waals surface area contributed by atoms with Crippen molar-refractivity contribution in [2.45, 2.75) is 12.6 Å². The number of hydrogen-bond acceptors (Lipinski definition) is 4. The Morgan fingerprint density at radius 1 is 0.862 bits per heavy atom. The monoisotopic (exact) mass is 387 g/mol. The van der Waals surface area contributed by atoms with Crippen molar-refractivity contribution < 1.29 is 9.72 Å². The number of para-hydroxylation sites is 1. The Balaban J connectivity index is 1.67. The van der Waals surface area contributed by atoms with Gasteiger partial charge >= 0.3 is 0 Å². The zero-order valence-electron chi connectivity index (χ0n) is 15.8. The first kappa shape index (κ1) is 18.7.